The molecule has 24 heavy (non-hydrogen) atoms. The van der Waals surface area contributed by atoms with Gasteiger partial charge in [0.15, 0.2) is 5.60 Å². The van der Waals surface area contributed by atoms with Gasteiger partial charge in [-0.1, -0.05) is 30.3 Å². The number of nitrogens with zero attached hydrogens (tertiary/aromatic N) is 1. The quantitative estimate of drug-likeness (QED) is 0.439. The van der Waals surface area contributed by atoms with Crippen LogP contribution in [-0.4, -0.2) is 63.5 Å². The van der Waals surface area contributed by atoms with Gasteiger partial charge in [-0.2, -0.15) is 0 Å². The second-order valence-electron chi connectivity index (χ2n) is 5.70. The van der Waals surface area contributed by atoms with Crippen LogP contribution < -0.4 is 0 Å². The molecule has 10 heteroatoms. The molecule has 2 heterocycles. The molecule has 1 aromatic carbocycles. The highest BCUT2D eigenvalue weighted by Crippen LogP contribution is 2.46. The van der Waals surface area contributed by atoms with E-state index < -0.39 is 47.2 Å². The summed E-state index contributed by atoms with van der Waals surface area (Å²) in [5, 5.41) is 41.0. The van der Waals surface area contributed by atoms with Crippen molar-refractivity contribution in [1.82, 2.24) is 0 Å². The van der Waals surface area contributed by atoms with Crippen molar-refractivity contribution in [1.29, 1.82) is 0 Å². The van der Waals surface area contributed by atoms with E-state index in [2.05, 4.69) is 4.84 Å². The SMILES string of the molecule is O=C(O[N+](=O)[O-])C(O)(c1ccccc1)[C@]1(O)CO[C@@H]2[C@@H](O)CO[C@@H]21. The first-order valence-electron chi connectivity index (χ1n) is 7.09. The largest absolute Gasteiger partial charge is 0.388 e. The lowest BCUT2D eigenvalue weighted by Gasteiger charge is -2.40. The average Bonchev–Trinajstić information content (AvgIpc) is 3.09. The molecule has 0 bridgehead atoms. The monoisotopic (exact) mass is 341 g/mol. The van der Waals surface area contributed by atoms with Crippen LogP contribution in [0.25, 0.3) is 0 Å². The smallest absolute Gasteiger partial charge is 0.342 e. The van der Waals surface area contributed by atoms with Crippen molar-refractivity contribution in [2.45, 2.75) is 29.5 Å². The number of carbonyl (C=O) groups excluding carboxylic acids is 1. The molecule has 130 valence electrons. The molecule has 0 amide bonds. The first kappa shape index (κ1) is 16.7. The topological polar surface area (TPSA) is 149 Å². The first-order valence-corrected chi connectivity index (χ1v) is 7.09. The number of carbonyl (C=O) groups is 1. The molecule has 1 unspecified atom stereocenters. The number of aliphatic hydroxyl groups is 3. The van der Waals surface area contributed by atoms with E-state index in [1.807, 2.05) is 0 Å². The number of aliphatic hydroxyl groups excluding tert-OH is 1. The summed E-state index contributed by atoms with van der Waals surface area (Å²) < 4.78 is 10.5. The van der Waals surface area contributed by atoms with E-state index in [1.54, 1.807) is 6.07 Å². The van der Waals surface area contributed by atoms with E-state index >= 15 is 0 Å². The summed E-state index contributed by atoms with van der Waals surface area (Å²) in [7, 11) is 0. The molecule has 3 N–H and O–H groups in total. The standard InChI is InChI=1S/C14H15NO9/c16-9-6-22-11-10(9)23-7-13(11,18)14(19,12(17)24-15(20)21)8-4-2-1-3-5-8/h1-5,9-11,16,18-19H,6-7H2/t9-,10+,11-,13-,14?/m0/s1. The van der Waals surface area contributed by atoms with E-state index in [9.17, 15) is 30.2 Å². The number of rotatable bonds is 4. The minimum atomic E-state index is -2.83. The van der Waals surface area contributed by atoms with Gasteiger partial charge in [0.2, 0.25) is 5.60 Å². The molecule has 0 spiro atoms. The molecule has 2 fully saturated rings. The summed E-state index contributed by atoms with van der Waals surface area (Å²) in [6, 6.07) is 7.15. The Kier molecular flexibility index (Phi) is 4.01. The molecular formula is C14H15NO9. The van der Waals surface area contributed by atoms with Crippen LogP contribution in [0.5, 0.6) is 0 Å². The zero-order valence-electron chi connectivity index (χ0n) is 12.3. The van der Waals surface area contributed by atoms with Gasteiger partial charge in [-0.05, 0) is 5.56 Å². The molecule has 2 aliphatic heterocycles. The van der Waals surface area contributed by atoms with Gasteiger partial charge in [-0.3, -0.25) is 4.79 Å². The fraction of sp³-hybridized carbons (Fsp3) is 0.500. The molecular weight excluding hydrogens is 326 g/mol. The van der Waals surface area contributed by atoms with Crippen molar-refractivity contribution in [2.75, 3.05) is 13.2 Å². The second-order valence-corrected chi connectivity index (χ2v) is 5.70. The fourth-order valence-corrected chi connectivity index (χ4v) is 3.18. The molecule has 0 aliphatic carbocycles. The van der Waals surface area contributed by atoms with Gasteiger partial charge < -0.3 is 24.8 Å². The Balaban J connectivity index is 2.08. The number of hydrogen-bond donors (Lipinski definition) is 3. The molecule has 1 aromatic rings. The number of ether oxygens (including phenoxy) is 2. The predicted molar refractivity (Wildman–Crippen MR) is 73.9 cm³/mol. The Bertz CT molecular complexity index is 653. The Labute approximate surface area is 135 Å². The lowest BCUT2D eigenvalue weighted by Crippen LogP contribution is -2.64. The van der Waals surface area contributed by atoms with E-state index in [4.69, 9.17) is 9.47 Å². The van der Waals surface area contributed by atoms with Gasteiger partial charge in [-0.15, -0.1) is 10.1 Å². The molecule has 0 aromatic heterocycles. The normalized spacial score (nSPS) is 34.4. The summed E-state index contributed by atoms with van der Waals surface area (Å²) >= 11 is 0. The van der Waals surface area contributed by atoms with Crippen molar-refractivity contribution in [3.63, 3.8) is 0 Å². The van der Waals surface area contributed by atoms with Crippen molar-refractivity contribution in [2.24, 2.45) is 0 Å². The third kappa shape index (κ3) is 2.27. The molecule has 2 aliphatic rings. The number of fused-ring (bicyclic) bond motifs is 1. The van der Waals surface area contributed by atoms with Gasteiger partial charge in [0.1, 0.15) is 18.3 Å². The van der Waals surface area contributed by atoms with Crippen LogP contribution in [0.3, 0.4) is 0 Å². The Morgan fingerprint density at radius 2 is 2.04 bits per heavy atom. The molecule has 10 nitrogen and oxygen atoms in total. The predicted octanol–water partition coefficient (Wildman–Crippen LogP) is -1.50. The van der Waals surface area contributed by atoms with Crippen LogP contribution in [-0.2, 0) is 24.7 Å². The minimum absolute atomic E-state index is 0.131. The fourth-order valence-electron chi connectivity index (χ4n) is 3.18. The van der Waals surface area contributed by atoms with E-state index in [0.29, 0.717) is 0 Å². The summed E-state index contributed by atoms with van der Waals surface area (Å²) in [6.45, 7) is -0.760. The molecule has 5 atom stereocenters. The van der Waals surface area contributed by atoms with Crippen molar-refractivity contribution in [3.05, 3.63) is 46.0 Å². The van der Waals surface area contributed by atoms with Crippen LogP contribution in [0.4, 0.5) is 0 Å². The van der Waals surface area contributed by atoms with Gasteiger partial charge in [0, 0.05) is 0 Å². The summed E-state index contributed by atoms with van der Waals surface area (Å²) in [4.78, 5) is 26.8. The van der Waals surface area contributed by atoms with E-state index in [-0.39, 0.29) is 12.2 Å². The Morgan fingerprint density at radius 3 is 2.67 bits per heavy atom. The highest BCUT2D eigenvalue weighted by Gasteiger charge is 2.69. The van der Waals surface area contributed by atoms with E-state index in [1.165, 1.54) is 24.3 Å². The van der Waals surface area contributed by atoms with Crippen LogP contribution in [0.2, 0.25) is 0 Å². The Hall–Kier alpha value is -2.11. The van der Waals surface area contributed by atoms with Crippen LogP contribution in [0.1, 0.15) is 5.56 Å². The zero-order chi connectivity index (χ0) is 17.5. The van der Waals surface area contributed by atoms with Crippen LogP contribution in [0, 0.1) is 10.1 Å². The van der Waals surface area contributed by atoms with Crippen molar-refractivity contribution in [3.8, 4) is 0 Å². The van der Waals surface area contributed by atoms with Crippen LogP contribution >= 0.6 is 0 Å². The lowest BCUT2D eigenvalue weighted by molar-refractivity contribution is -0.731. The Morgan fingerprint density at radius 1 is 1.38 bits per heavy atom. The van der Waals surface area contributed by atoms with Gasteiger partial charge in [0.25, 0.3) is 0 Å². The minimum Gasteiger partial charge on any atom is -0.388 e. The van der Waals surface area contributed by atoms with E-state index in [0.717, 1.165) is 0 Å². The summed E-state index contributed by atoms with van der Waals surface area (Å²) in [5.41, 5.74) is -5.34. The van der Waals surface area contributed by atoms with Gasteiger partial charge in [-0.25, -0.2) is 4.84 Å². The number of hydrogen-bond acceptors (Lipinski definition) is 9. The third-order valence-corrected chi connectivity index (χ3v) is 4.36. The first-order chi connectivity index (χ1) is 11.3. The maximum Gasteiger partial charge on any atom is 0.342 e. The molecule has 0 saturated carbocycles. The maximum atomic E-state index is 12.3. The average molecular weight is 341 g/mol. The van der Waals surface area contributed by atoms with Crippen molar-refractivity contribution >= 4 is 5.97 Å². The maximum absolute atomic E-state index is 12.3. The molecule has 0 radical (unpaired) electrons. The molecule has 2 saturated heterocycles. The molecule has 3 rings (SSSR count). The zero-order valence-corrected chi connectivity index (χ0v) is 12.3. The number of benzene rings is 1. The lowest BCUT2D eigenvalue weighted by atomic mass is 9.74. The van der Waals surface area contributed by atoms with Gasteiger partial charge in [0.05, 0.1) is 13.2 Å². The highest BCUT2D eigenvalue weighted by molar-refractivity contribution is 5.82. The van der Waals surface area contributed by atoms with Crippen molar-refractivity contribution < 1.29 is 39.5 Å². The summed E-state index contributed by atoms with van der Waals surface area (Å²) in [6.07, 6.45) is -3.30. The third-order valence-electron chi connectivity index (χ3n) is 4.36. The summed E-state index contributed by atoms with van der Waals surface area (Å²) in [5.74, 6) is -1.68. The second kappa shape index (κ2) is 5.76. The highest BCUT2D eigenvalue weighted by atomic mass is 17.0. The van der Waals surface area contributed by atoms with Gasteiger partial charge >= 0.3 is 11.1 Å². The van der Waals surface area contributed by atoms with Crippen LogP contribution in [0.15, 0.2) is 30.3 Å².